The molecule has 1 heterocycles. The Morgan fingerprint density at radius 1 is 1.12 bits per heavy atom. The molecule has 0 aromatic heterocycles. The molecule has 172 valence electrons. The number of hydrogen-bond donors (Lipinski definition) is 1. The summed E-state index contributed by atoms with van der Waals surface area (Å²) in [5.41, 5.74) is 3.17. The number of methoxy groups -OCH3 is 1. The van der Waals surface area contributed by atoms with Crippen LogP contribution in [0.15, 0.2) is 53.4 Å². The van der Waals surface area contributed by atoms with Crippen LogP contribution in [0.4, 0.5) is 5.69 Å². The first-order valence-corrected chi connectivity index (χ1v) is 11.9. The molecule has 0 radical (unpaired) electrons. The van der Waals surface area contributed by atoms with Gasteiger partial charge in [-0.15, -0.1) is 0 Å². The third kappa shape index (κ3) is 7.00. The van der Waals surface area contributed by atoms with Crippen LogP contribution in [0.25, 0.3) is 6.08 Å². The number of thioether (sulfide) groups is 1. The van der Waals surface area contributed by atoms with Gasteiger partial charge in [-0.1, -0.05) is 54.7 Å². The number of amides is 2. The number of carbonyl (C=O) groups is 3. The van der Waals surface area contributed by atoms with Crippen molar-refractivity contribution in [2.24, 2.45) is 0 Å². The molecule has 33 heavy (non-hydrogen) atoms. The van der Waals surface area contributed by atoms with Crippen LogP contribution in [-0.4, -0.2) is 40.7 Å². The zero-order valence-corrected chi connectivity index (χ0v) is 20.3. The summed E-state index contributed by atoms with van der Waals surface area (Å²) in [6, 6.07) is 14.6. The Kier molecular flexibility index (Phi) is 8.79. The van der Waals surface area contributed by atoms with Crippen molar-refractivity contribution >= 4 is 57.8 Å². The van der Waals surface area contributed by atoms with Crippen molar-refractivity contribution in [2.75, 3.05) is 19.0 Å². The Morgan fingerprint density at radius 3 is 2.58 bits per heavy atom. The lowest BCUT2D eigenvalue weighted by Crippen LogP contribution is -2.29. The molecule has 1 aliphatic rings. The Bertz CT molecular complexity index is 1080. The van der Waals surface area contributed by atoms with E-state index in [-0.39, 0.29) is 11.8 Å². The highest BCUT2D eigenvalue weighted by atomic mass is 32.2. The minimum absolute atomic E-state index is 0.00707. The third-order valence-electron chi connectivity index (χ3n) is 5.09. The molecule has 0 aliphatic carbocycles. The summed E-state index contributed by atoms with van der Waals surface area (Å²) >= 11 is 6.66. The van der Waals surface area contributed by atoms with E-state index in [9.17, 15) is 14.4 Å². The number of anilines is 1. The lowest BCUT2D eigenvalue weighted by Gasteiger charge is -2.14. The molecular weight excluding hydrogens is 456 g/mol. The monoisotopic (exact) mass is 482 g/mol. The first-order valence-electron chi connectivity index (χ1n) is 10.7. The van der Waals surface area contributed by atoms with E-state index in [0.29, 0.717) is 27.8 Å². The molecule has 2 aromatic carbocycles. The van der Waals surface area contributed by atoms with Crippen LogP contribution in [0.5, 0.6) is 0 Å². The molecule has 0 spiro atoms. The molecule has 1 N–H and O–H groups in total. The fraction of sp³-hybridized carbons (Fsp3) is 0.280. The van der Waals surface area contributed by atoms with Gasteiger partial charge >= 0.3 is 5.97 Å². The summed E-state index contributed by atoms with van der Waals surface area (Å²) in [6.45, 7) is 2.52. The number of ether oxygens (including phenoxy) is 1. The maximum absolute atomic E-state index is 12.8. The fourth-order valence-corrected chi connectivity index (χ4v) is 4.66. The number of thiocarbonyl (C=S) groups is 1. The molecule has 2 aromatic rings. The lowest BCUT2D eigenvalue weighted by molar-refractivity contribution is -0.122. The van der Waals surface area contributed by atoms with Crippen molar-refractivity contribution in [3.05, 3.63) is 70.1 Å². The van der Waals surface area contributed by atoms with Gasteiger partial charge in [-0.25, -0.2) is 4.79 Å². The fourth-order valence-electron chi connectivity index (χ4n) is 3.36. The van der Waals surface area contributed by atoms with Gasteiger partial charge in [0.15, 0.2) is 0 Å². The van der Waals surface area contributed by atoms with Crippen molar-refractivity contribution in [3.8, 4) is 0 Å². The molecule has 6 nitrogen and oxygen atoms in total. The third-order valence-corrected chi connectivity index (χ3v) is 6.47. The van der Waals surface area contributed by atoms with Gasteiger partial charge in [0.1, 0.15) is 4.32 Å². The van der Waals surface area contributed by atoms with Gasteiger partial charge in [-0.05, 0) is 61.2 Å². The molecule has 0 saturated carbocycles. The molecule has 0 bridgehead atoms. The van der Waals surface area contributed by atoms with Crippen LogP contribution in [0.2, 0.25) is 0 Å². The van der Waals surface area contributed by atoms with Crippen molar-refractivity contribution in [3.63, 3.8) is 0 Å². The molecule has 1 fully saturated rings. The zero-order valence-electron chi connectivity index (χ0n) is 18.6. The van der Waals surface area contributed by atoms with E-state index in [4.69, 9.17) is 17.0 Å². The van der Waals surface area contributed by atoms with Gasteiger partial charge in [0, 0.05) is 18.7 Å². The number of rotatable bonds is 9. The van der Waals surface area contributed by atoms with Crippen molar-refractivity contribution in [1.29, 1.82) is 0 Å². The number of aryl methyl sites for hydroxylation is 1. The summed E-state index contributed by atoms with van der Waals surface area (Å²) in [5.74, 6) is -0.521. The predicted molar refractivity (Wildman–Crippen MR) is 136 cm³/mol. The average molecular weight is 483 g/mol. The molecule has 1 saturated heterocycles. The van der Waals surface area contributed by atoms with Crippen molar-refractivity contribution in [1.82, 2.24) is 4.90 Å². The van der Waals surface area contributed by atoms with E-state index in [0.717, 1.165) is 36.1 Å². The van der Waals surface area contributed by atoms with E-state index >= 15 is 0 Å². The summed E-state index contributed by atoms with van der Waals surface area (Å²) in [5, 5.41) is 2.91. The molecular formula is C25H26N2O4S2. The van der Waals surface area contributed by atoms with E-state index in [1.807, 2.05) is 31.2 Å². The summed E-state index contributed by atoms with van der Waals surface area (Å²) in [7, 11) is 1.34. The number of benzene rings is 2. The Labute approximate surface area is 203 Å². The van der Waals surface area contributed by atoms with Gasteiger partial charge in [-0.2, -0.15) is 0 Å². The molecule has 0 unspecified atom stereocenters. The maximum Gasteiger partial charge on any atom is 0.337 e. The second-order valence-corrected chi connectivity index (χ2v) is 9.35. The van der Waals surface area contributed by atoms with E-state index in [1.54, 1.807) is 35.2 Å². The number of esters is 1. The van der Waals surface area contributed by atoms with Crippen molar-refractivity contribution in [2.45, 2.75) is 32.6 Å². The Morgan fingerprint density at radius 2 is 1.88 bits per heavy atom. The lowest BCUT2D eigenvalue weighted by atomic mass is 10.1. The van der Waals surface area contributed by atoms with Gasteiger partial charge in [0.05, 0.1) is 17.6 Å². The second kappa shape index (κ2) is 11.8. The van der Waals surface area contributed by atoms with Gasteiger partial charge in [0.25, 0.3) is 5.91 Å². The summed E-state index contributed by atoms with van der Waals surface area (Å²) in [4.78, 5) is 38.6. The van der Waals surface area contributed by atoms with Gasteiger partial charge in [0.2, 0.25) is 5.91 Å². The number of unbranched alkanes of at least 4 members (excludes halogenated alkanes) is 2. The van der Waals surface area contributed by atoms with E-state index < -0.39 is 5.97 Å². The molecule has 0 atom stereocenters. The zero-order chi connectivity index (χ0) is 23.8. The first kappa shape index (κ1) is 24.7. The van der Waals surface area contributed by atoms with Crippen LogP contribution in [-0.2, 0) is 14.3 Å². The normalized spacial score (nSPS) is 14.6. The number of hydrogen-bond acceptors (Lipinski definition) is 6. The van der Waals surface area contributed by atoms with Crippen LogP contribution in [0.1, 0.15) is 47.2 Å². The highest BCUT2D eigenvalue weighted by Gasteiger charge is 2.31. The molecule has 3 rings (SSSR count). The van der Waals surface area contributed by atoms with Gasteiger partial charge in [-0.3, -0.25) is 14.5 Å². The second-order valence-electron chi connectivity index (χ2n) is 7.68. The summed E-state index contributed by atoms with van der Waals surface area (Å²) in [6.07, 6.45) is 4.55. The van der Waals surface area contributed by atoms with Crippen LogP contribution in [0, 0.1) is 6.92 Å². The average Bonchev–Trinajstić information content (AvgIpc) is 3.06. The van der Waals surface area contributed by atoms with Crippen LogP contribution in [0.3, 0.4) is 0 Å². The smallest absolute Gasteiger partial charge is 0.337 e. The molecule has 8 heteroatoms. The maximum atomic E-state index is 12.8. The predicted octanol–water partition coefficient (Wildman–Crippen LogP) is 5.18. The molecule has 1 aliphatic heterocycles. The highest BCUT2D eigenvalue weighted by molar-refractivity contribution is 8.26. The highest BCUT2D eigenvalue weighted by Crippen LogP contribution is 2.32. The SMILES string of the molecule is COC(=O)c1ccc(C=C2SC(=S)N(CCCCCC(=O)Nc3cccc(C)c3)C2=O)cc1. The first-order chi connectivity index (χ1) is 15.9. The van der Waals surface area contributed by atoms with Crippen LogP contribution >= 0.6 is 24.0 Å². The van der Waals surface area contributed by atoms with Gasteiger partial charge < -0.3 is 10.1 Å². The standard InChI is InChI=1S/C25H26N2O4S2/c1-17-7-6-8-20(15-17)26-22(28)9-4-3-5-14-27-23(29)21(33-25(27)32)16-18-10-12-19(13-11-18)24(30)31-2/h6-8,10-13,15-16H,3-5,9,14H2,1-2H3,(H,26,28). The topological polar surface area (TPSA) is 75.7 Å². The molecule has 2 amide bonds. The Balaban J connectivity index is 1.44. The number of carbonyl (C=O) groups excluding carboxylic acids is 3. The number of nitrogens with zero attached hydrogens (tertiary/aromatic N) is 1. The Hall–Kier alpha value is -2.97. The number of nitrogens with one attached hydrogen (secondary N) is 1. The summed E-state index contributed by atoms with van der Waals surface area (Å²) < 4.78 is 5.23. The largest absolute Gasteiger partial charge is 0.465 e. The minimum Gasteiger partial charge on any atom is -0.465 e. The van der Waals surface area contributed by atoms with E-state index in [1.165, 1.54) is 18.9 Å². The quantitative estimate of drug-likeness (QED) is 0.230. The minimum atomic E-state index is -0.402. The van der Waals surface area contributed by atoms with Crippen molar-refractivity contribution < 1.29 is 19.1 Å². The van der Waals surface area contributed by atoms with Crippen LogP contribution < -0.4 is 5.32 Å². The van der Waals surface area contributed by atoms with E-state index in [2.05, 4.69) is 5.32 Å².